The standard InChI is InChI=1S/C7H9F3N2O2.ClH/c8-7(9,10)6(13,1-2-11)5-12-3-4-14-5;/h3-4,13H,1-2,11H2;1H. The van der Waals surface area contributed by atoms with Crippen molar-refractivity contribution in [2.75, 3.05) is 6.54 Å². The van der Waals surface area contributed by atoms with Crippen molar-refractivity contribution >= 4 is 12.4 Å². The van der Waals surface area contributed by atoms with Gasteiger partial charge >= 0.3 is 6.18 Å². The van der Waals surface area contributed by atoms with Gasteiger partial charge in [0.2, 0.25) is 11.5 Å². The maximum atomic E-state index is 12.4. The lowest BCUT2D eigenvalue weighted by atomic mass is 9.99. The highest BCUT2D eigenvalue weighted by Gasteiger charge is 2.57. The third-order valence-corrected chi connectivity index (χ3v) is 1.76. The minimum absolute atomic E-state index is 0. The Morgan fingerprint density at radius 1 is 1.47 bits per heavy atom. The molecule has 15 heavy (non-hydrogen) atoms. The Balaban J connectivity index is 0.00000196. The maximum absolute atomic E-state index is 12.4. The van der Waals surface area contributed by atoms with Gasteiger partial charge < -0.3 is 15.3 Å². The number of hydrogen-bond acceptors (Lipinski definition) is 4. The molecule has 3 N–H and O–H groups in total. The first-order valence-electron chi connectivity index (χ1n) is 3.81. The number of aliphatic hydroxyl groups is 1. The van der Waals surface area contributed by atoms with E-state index in [4.69, 9.17) is 5.73 Å². The molecule has 1 aromatic rings. The third kappa shape index (κ3) is 2.61. The molecule has 0 fully saturated rings. The number of aromatic nitrogens is 1. The van der Waals surface area contributed by atoms with Crippen molar-refractivity contribution in [3.8, 4) is 0 Å². The molecule has 0 radical (unpaired) electrons. The average Bonchev–Trinajstić information content (AvgIpc) is 2.54. The Kier molecular flexibility index (Phi) is 4.57. The van der Waals surface area contributed by atoms with E-state index in [1.54, 1.807) is 0 Å². The second kappa shape index (κ2) is 4.82. The van der Waals surface area contributed by atoms with E-state index in [0.717, 1.165) is 12.5 Å². The van der Waals surface area contributed by atoms with Crippen molar-refractivity contribution in [3.63, 3.8) is 0 Å². The molecule has 0 saturated carbocycles. The number of nitrogens with zero attached hydrogens (tertiary/aromatic N) is 1. The summed E-state index contributed by atoms with van der Waals surface area (Å²) in [5, 5.41) is 9.35. The molecule has 0 aromatic carbocycles. The zero-order chi connectivity index (χ0) is 10.8. The zero-order valence-electron chi connectivity index (χ0n) is 7.49. The van der Waals surface area contributed by atoms with Gasteiger partial charge in [-0.2, -0.15) is 13.2 Å². The van der Waals surface area contributed by atoms with Crippen molar-refractivity contribution in [3.05, 3.63) is 18.4 Å². The molecule has 4 nitrogen and oxygen atoms in total. The number of rotatable bonds is 3. The van der Waals surface area contributed by atoms with E-state index < -0.39 is 24.1 Å². The number of nitrogens with two attached hydrogens (primary N) is 1. The van der Waals surface area contributed by atoms with E-state index >= 15 is 0 Å². The Hall–Kier alpha value is -0.790. The van der Waals surface area contributed by atoms with Gasteiger partial charge in [0.15, 0.2) is 0 Å². The molecule has 0 aliphatic heterocycles. The first kappa shape index (κ1) is 14.2. The number of halogens is 4. The van der Waals surface area contributed by atoms with Crippen LogP contribution in [0.15, 0.2) is 16.9 Å². The fraction of sp³-hybridized carbons (Fsp3) is 0.571. The first-order valence-corrected chi connectivity index (χ1v) is 3.81. The SMILES string of the molecule is Cl.NCCC(O)(c1ncco1)C(F)(F)F. The maximum Gasteiger partial charge on any atom is 0.426 e. The fourth-order valence-corrected chi connectivity index (χ4v) is 1.01. The van der Waals surface area contributed by atoms with Crippen molar-refractivity contribution < 1.29 is 22.7 Å². The molecule has 1 heterocycles. The molecule has 88 valence electrons. The van der Waals surface area contributed by atoms with E-state index in [-0.39, 0.29) is 19.0 Å². The van der Waals surface area contributed by atoms with Gasteiger partial charge in [0, 0.05) is 6.42 Å². The smallest absolute Gasteiger partial charge is 0.426 e. The van der Waals surface area contributed by atoms with Gasteiger partial charge in [-0.05, 0) is 6.54 Å². The summed E-state index contributed by atoms with van der Waals surface area (Å²) >= 11 is 0. The highest BCUT2D eigenvalue weighted by molar-refractivity contribution is 5.85. The van der Waals surface area contributed by atoms with Crippen LogP contribution in [0.1, 0.15) is 12.3 Å². The summed E-state index contributed by atoms with van der Waals surface area (Å²) < 4.78 is 41.8. The lowest BCUT2D eigenvalue weighted by molar-refractivity contribution is -0.276. The van der Waals surface area contributed by atoms with Crippen molar-refractivity contribution in [2.24, 2.45) is 5.73 Å². The van der Waals surface area contributed by atoms with Crippen LogP contribution >= 0.6 is 12.4 Å². The van der Waals surface area contributed by atoms with Crippen molar-refractivity contribution in [2.45, 2.75) is 18.2 Å². The van der Waals surface area contributed by atoms with Crippen LogP contribution in [0.3, 0.4) is 0 Å². The van der Waals surface area contributed by atoms with E-state index in [1.807, 2.05) is 0 Å². The number of hydrogen-bond donors (Lipinski definition) is 2. The van der Waals surface area contributed by atoms with Crippen LogP contribution in [-0.4, -0.2) is 22.8 Å². The Morgan fingerprint density at radius 3 is 2.40 bits per heavy atom. The molecule has 1 rings (SSSR count). The van der Waals surface area contributed by atoms with Gasteiger partial charge in [0.25, 0.3) is 0 Å². The lowest BCUT2D eigenvalue weighted by Gasteiger charge is -2.26. The van der Waals surface area contributed by atoms with Gasteiger partial charge in [0.1, 0.15) is 6.26 Å². The minimum Gasteiger partial charge on any atom is -0.446 e. The second-order valence-electron chi connectivity index (χ2n) is 2.73. The summed E-state index contributed by atoms with van der Waals surface area (Å²) in [6.07, 6.45) is -3.54. The summed E-state index contributed by atoms with van der Waals surface area (Å²) in [6, 6.07) is 0. The number of alkyl halides is 3. The largest absolute Gasteiger partial charge is 0.446 e. The molecule has 0 spiro atoms. The van der Waals surface area contributed by atoms with Crippen molar-refractivity contribution in [1.29, 1.82) is 0 Å². The fourth-order valence-electron chi connectivity index (χ4n) is 1.01. The van der Waals surface area contributed by atoms with Crippen LogP contribution in [0, 0.1) is 0 Å². The van der Waals surface area contributed by atoms with Gasteiger partial charge in [-0.3, -0.25) is 0 Å². The summed E-state index contributed by atoms with van der Waals surface area (Å²) in [5.74, 6) is -0.782. The van der Waals surface area contributed by atoms with Gasteiger partial charge in [0.05, 0.1) is 6.20 Å². The molecule has 0 aliphatic carbocycles. The zero-order valence-corrected chi connectivity index (χ0v) is 8.31. The second-order valence-corrected chi connectivity index (χ2v) is 2.73. The first-order chi connectivity index (χ1) is 6.42. The lowest BCUT2D eigenvalue weighted by Crippen LogP contribution is -2.44. The normalized spacial score (nSPS) is 15.5. The average molecular weight is 247 g/mol. The third-order valence-electron chi connectivity index (χ3n) is 1.76. The highest BCUT2D eigenvalue weighted by atomic mass is 35.5. The molecular weight excluding hydrogens is 237 g/mol. The Bertz CT molecular complexity index is 291. The van der Waals surface area contributed by atoms with Gasteiger partial charge in [-0.15, -0.1) is 12.4 Å². The van der Waals surface area contributed by atoms with E-state index in [2.05, 4.69) is 9.40 Å². The minimum atomic E-state index is -4.85. The summed E-state index contributed by atoms with van der Waals surface area (Å²) in [6.45, 7) is -0.321. The van der Waals surface area contributed by atoms with Crippen LogP contribution in [0.2, 0.25) is 0 Å². The Labute approximate surface area is 89.7 Å². The molecule has 0 amide bonds. The topological polar surface area (TPSA) is 72.3 Å². The predicted octanol–water partition coefficient (Wildman–Crippen LogP) is 1.20. The molecular formula is C7H10ClF3N2O2. The molecule has 0 saturated heterocycles. The monoisotopic (exact) mass is 246 g/mol. The quantitative estimate of drug-likeness (QED) is 0.841. The Morgan fingerprint density at radius 2 is 2.07 bits per heavy atom. The molecule has 0 bridgehead atoms. The predicted molar refractivity (Wildman–Crippen MR) is 47.4 cm³/mol. The van der Waals surface area contributed by atoms with Crippen LogP contribution < -0.4 is 5.73 Å². The molecule has 1 unspecified atom stereocenters. The van der Waals surface area contributed by atoms with Crippen LogP contribution in [0.4, 0.5) is 13.2 Å². The van der Waals surface area contributed by atoms with Crippen LogP contribution in [0.5, 0.6) is 0 Å². The highest BCUT2D eigenvalue weighted by Crippen LogP contribution is 2.40. The summed E-state index contributed by atoms with van der Waals surface area (Å²) in [5.41, 5.74) is 1.90. The summed E-state index contributed by atoms with van der Waals surface area (Å²) in [7, 11) is 0. The number of oxazole rings is 1. The molecule has 0 aliphatic rings. The van der Waals surface area contributed by atoms with E-state index in [0.29, 0.717) is 0 Å². The molecule has 8 heteroatoms. The van der Waals surface area contributed by atoms with Crippen LogP contribution in [-0.2, 0) is 5.60 Å². The summed E-state index contributed by atoms with van der Waals surface area (Å²) in [4.78, 5) is 3.28. The van der Waals surface area contributed by atoms with E-state index in [9.17, 15) is 18.3 Å². The van der Waals surface area contributed by atoms with E-state index in [1.165, 1.54) is 0 Å². The van der Waals surface area contributed by atoms with Crippen LogP contribution in [0.25, 0.3) is 0 Å². The van der Waals surface area contributed by atoms with Crippen molar-refractivity contribution in [1.82, 2.24) is 4.98 Å². The van der Waals surface area contributed by atoms with Gasteiger partial charge in [-0.1, -0.05) is 0 Å². The van der Waals surface area contributed by atoms with Gasteiger partial charge in [-0.25, -0.2) is 4.98 Å². The molecule has 1 aromatic heterocycles. The molecule has 1 atom stereocenters.